The molecule has 0 aliphatic carbocycles. The van der Waals surface area contributed by atoms with Crippen LogP contribution in [0, 0.1) is 0 Å². The number of piperazine rings is 1. The third kappa shape index (κ3) is 2.51. The van der Waals surface area contributed by atoms with Crippen LogP contribution >= 0.6 is 11.6 Å². The lowest BCUT2D eigenvalue weighted by Gasteiger charge is -2.27. The first-order chi connectivity index (χ1) is 8.83. The van der Waals surface area contributed by atoms with E-state index in [9.17, 15) is 0 Å². The van der Waals surface area contributed by atoms with Crippen LogP contribution in [0.4, 0.5) is 0 Å². The normalized spacial score (nSPS) is 17.4. The van der Waals surface area contributed by atoms with Crippen molar-refractivity contribution in [3.05, 3.63) is 28.9 Å². The van der Waals surface area contributed by atoms with Crippen LogP contribution in [0.15, 0.2) is 18.2 Å². The van der Waals surface area contributed by atoms with E-state index in [0.29, 0.717) is 5.15 Å². The first-order valence-electron chi connectivity index (χ1n) is 6.38. The Bertz CT molecular complexity index is 531. The maximum atomic E-state index is 6.06. The number of nitrogens with zero attached hydrogens (tertiary/aromatic N) is 2. The number of fused-ring (bicyclic) bond motifs is 1. The third-order valence-corrected chi connectivity index (χ3v) is 3.79. The van der Waals surface area contributed by atoms with Gasteiger partial charge in [-0.05, 0) is 24.1 Å². The van der Waals surface area contributed by atoms with Gasteiger partial charge in [0.15, 0.2) is 0 Å². The number of aromatic nitrogens is 2. The van der Waals surface area contributed by atoms with E-state index in [1.807, 2.05) is 6.07 Å². The molecular weight excluding hydrogens is 248 g/mol. The molecule has 1 fully saturated rings. The molecule has 0 bridgehead atoms. The SMILES string of the molecule is Clc1[nH]nc2ccc(CCN3CCNCC3)cc12. The lowest BCUT2D eigenvalue weighted by Crippen LogP contribution is -2.44. The van der Waals surface area contributed by atoms with Crippen molar-refractivity contribution < 1.29 is 0 Å². The van der Waals surface area contributed by atoms with E-state index >= 15 is 0 Å². The highest BCUT2D eigenvalue weighted by molar-refractivity contribution is 6.34. The second-order valence-corrected chi connectivity index (χ2v) is 5.11. The van der Waals surface area contributed by atoms with Gasteiger partial charge in [0.1, 0.15) is 5.15 Å². The highest BCUT2D eigenvalue weighted by atomic mass is 35.5. The van der Waals surface area contributed by atoms with E-state index in [0.717, 1.165) is 50.0 Å². The summed E-state index contributed by atoms with van der Waals surface area (Å²) >= 11 is 6.06. The smallest absolute Gasteiger partial charge is 0.132 e. The first-order valence-corrected chi connectivity index (χ1v) is 6.76. The summed E-state index contributed by atoms with van der Waals surface area (Å²) in [6.45, 7) is 5.62. The number of nitrogens with one attached hydrogen (secondary N) is 2. The lowest BCUT2D eigenvalue weighted by molar-refractivity contribution is 0.244. The number of halogens is 1. The molecule has 18 heavy (non-hydrogen) atoms. The molecule has 0 spiro atoms. The summed E-state index contributed by atoms with van der Waals surface area (Å²) < 4.78 is 0. The van der Waals surface area contributed by atoms with Gasteiger partial charge >= 0.3 is 0 Å². The van der Waals surface area contributed by atoms with Crippen molar-refractivity contribution in [1.29, 1.82) is 0 Å². The second kappa shape index (κ2) is 5.26. The summed E-state index contributed by atoms with van der Waals surface area (Å²) in [5.41, 5.74) is 2.26. The number of rotatable bonds is 3. The van der Waals surface area contributed by atoms with E-state index < -0.39 is 0 Å². The predicted octanol–water partition coefficient (Wildman–Crippen LogP) is 1.66. The molecule has 2 N–H and O–H groups in total. The van der Waals surface area contributed by atoms with Crippen LogP contribution in [-0.4, -0.2) is 47.8 Å². The van der Waals surface area contributed by atoms with Gasteiger partial charge in [0.2, 0.25) is 0 Å². The number of hydrogen-bond donors (Lipinski definition) is 2. The van der Waals surface area contributed by atoms with E-state index in [1.54, 1.807) is 0 Å². The van der Waals surface area contributed by atoms with Crippen LogP contribution in [-0.2, 0) is 6.42 Å². The van der Waals surface area contributed by atoms with Gasteiger partial charge < -0.3 is 10.2 Å². The van der Waals surface area contributed by atoms with Crippen LogP contribution in [0.3, 0.4) is 0 Å². The van der Waals surface area contributed by atoms with Crippen molar-refractivity contribution in [1.82, 2.24) is 20.4 Å². The molecule has 2 heterocycles. The minimum atomic E-state index is 0.633. The van der Waals surface area contributed by atoms with Crippen LogP contribution in [0.2, 0.25) is 5.15 Å². The van der Waals surface area contributed by atoms with Crippen LogP contribution in [0.5, 0.6) is 0 Å². The molecule has 1 aliphatic heterocycles. The first kappa shape index (κ1) is 12.0. The summed E-state index contributed by atoms with van der Waals surface area (Å²) in [7, 11) is 0. The van der Waals surface area contributed by atoms with E-state index in [1.165, 1.54) is 5.56 Å². The Hall–Kier alpha value is -1.10. The molecule has 0 saturated carbocycles. The molecule has 4 nitrogen and oxygen atoms in total. The summed E-state index contributed by atoms with van der Waals surface area (Å²) in [5, 5.41) is 12.0. The van der Waals surface area contributed by atoms with Gasteiger partial charge in [-0.3, -0.25) is 5.10 Å². The molecule has 2 aromatic rings. The highest BCUT2D eigenvalue weighted by Gasteiger charge is 2.10. The van der Waals surface area contributed by atoms with Gasteiger partial charge in [-0.25, -0.2) is 0 Å². The summed E-state index contributed by atoms with van der Waals surface area (Å²) in [5.74, 6) is 0. The van der Waals surface area contributed by atoms with Crippen molar-refractivity contribution in [3.8, 4) is 0 Å². The van der Waals surface area contributed by atoms with Gasteiger partial charge in [0.05, 0.1) is 5.52 Å². The zero-order valence-electron chi connectivity index (χ0n) is 10.2. The lowest BCUT2D eigenvalue weighted by atomic mass is 10.1. The summed E-state index contributed by atoms with van der Waals surface area (Å²) in [6, 6.07) is 6.32. The van der Waals surface area contributed by atoms with Gasteiger partial charge in [-0.15, -0.1) is 0 Å². The van der Waals surface area contributed by atoms with Crippen LogP contribution in [0.1, 0.15) is 5.56 Å². The van der Waals surface area contributed by atoms with Gasteiger partial charge in [-0.2, -0.15) is 5.10 Å². The second-order valence-electron chi connectivity index (χ2n) is 4.73. The van der Waals surface area contributed by atoms with Crippen molar-refractivity contribution in [3.63, 3.8) is 0 Å². The number of hydrogen-bond acceptors (Lipinski definition) is 3. The monoisotopic (exact) mass is 264 g/mol. The maximum Gasteiger partial charge on any atom is 0.132 e. The molecule has 1 aromatic heterocycles. The zero-order chi connectivity index (χ0) is 12.4. The van der Waals surface area contributed by atoms with Gasteiger partial charge in [0.25, 0.3) is 0 Å². The van der Waals surface area contributed by atoms with Crippen molar-refractivity contribution in [2.75, 3.05) is 32.7 Å². The Labute approximate surface area is 111 Å². The fourth-order valence-electron chi connectivity index (χ4n) is 2.40. The number of aromatic amines is 1. The molecule has 96 valence electrons. The average molecular weight is 265 g/mol. The Morgan fingerprint density at radius 1 is 1.28 bits per heavy atom. The van der Waals surface area contributed by atoms with Gasteiger partial charge in [0, 0.05) is 38.1 Å². The van der Waals surface area contributed by atoms with Crippen molar-refractivity contribution in [2.45, 2.75) is 6.42 Å². The minimum Gasteiger partial charge on any atom is -0.314 e. The Morgan fingerprint density at radius 2 is 2.11 bits per heavy atom. The third-order valence-electron chi connectivity index (χ3n) is 3.50. The largest absolute Gasteiger partial charge is 0.314 e. The number of benzene rings is 1. The Kier molecular flexibility index (Phi) is 3.50. The average Bonchev–Trinajstić information content (AvgIpc) is 2.79. The Balaban J connectivity index is 1.68. The molecular formula is C13H17ClN4. The minimum absolute atomic E-state index is 0.633. The molecule has 0 amide bonds. The molecule has 1 aliphatic rings. The fourth-order valence-corrected chi connectivity index (χ4v) is 2.60. The quantitative estimate of drug-likeness (QED) is 0.886. The highest BCUT2D eigenvalue weighted by Crippen LogP contribution is 2.21. The molecule has 1 saturated heterocycles. The Morgan fingerprint density at radius 3 is 2.94 bits per heavy atom. The number of H-pyrrole nitrogens is 1. The molecule has 3 rings (SSSR count). The maximum absolute atomic E-state index is 6.06. The van der Waals surface area contributed by atoms with E-state index in [-0.39, 0.29) is 0 Å². The molecule has 0 radical (unpaired) electrons. The van der Waals surface area contributed by atoms with Crippen LogP contribution < -0.4 is 5.32 Å². The topological polar surface area (TPSA) is 44.0 Å². The van der Waals surface area contributed by atoms with Crippen LogP contribution in [0.25, 0.3) is 10.9 Å². The fraction of sp³-hybridized carbons (Fsp3) is 0.462. The molecule has 0 atom stereocenters. The van der Waals surface area contributed by atoms with Crippen molar-refractivity contribution >= 4 is 22.5 Å². The van der Waals surface area contributed by atoms with Crippen molar-refractivity contribution in [2.24, 2.45) is 0 Å². The molecule has 1 aromatic carbocycles. The molecule has 0 unspecified atom stereocenters. The van der Waals surface area contributed by atoms with E-state index in [2.05, 4.69) is 32.5 Å². The standard InChI is InChI=1S/C13H17ClN4/c14-13-11-9-10(1-2-12(11)16-17-13)3-6-18-7-4-15-5-8-18/h1-2,9,15H,3-8H2,(H,16,17). The predicted molar refractivity (Wildman–Crippen MR) is 74.1 cm³/mol. The zero-order valence-corrected chi connectivity index (χ0v) is 11.0. The van der Waals surface area contributed by atoms with Gasteiger partial charge in [-0.1, -0.05) is 17.7 Å². The van der Waals surface area contributed by atoms with E-state index in [4.69, 9.17) is 11.6 Å². The summed E-state index contributed by atoms with van der Waals surface area (Å²) in [4.78, 5) is 2.50. The molecule has 5 heteroatoms. The summed E-state index contributed by atoms with van der Waals surface area (Å²) in [6.07, 6.45) is 1.07.